The number of Topliss-reactive ketones (excluding diaryl/α,β-unsaturated/α-hetero) is 1. The summed E-state index contributed by atoms with van der Waals surface area (Å²) in [4.78, 5) is 52.2. The summed E-state index contributed by atoms with van der Waals surface area (Å²) in [5, 5.41) is 13.8. The fourth-order valence-electron chi connectivity index (χ4n) is 9.68. The highest BCUT2D eigenvalue weighted by Crippen LogP contribution is 2.68. The molecule has 0 amide bonds. The van der Waals surface area contributed by atoms with Crippen LogP contribution in [0.1, 0.15) is 84.1 Å². The Morgan fingerprint density at radius 1 is 1.02 bits per heavy atom. The van der Waals surface area contributed by atoms with Crippen molar-refractivity contribution in [2.45, 2.75) is 90.3 Å². The minimum Gasteiger partial charge on any atom is -0.497 e. The Bertz CT molecular complexity index is 1590. The summed E-state index contributed by atoms with van der Waals surface area (Å²) in [6, 6.07) is 11.5. The number of ketones is 2. The van der Waals surface area contributed by atoms with Gasteiger partial charge >= 0.3 is 11.9 Å². The van der Waals surface area contributed by atoms with Crippen LogP contribution in [0, 0.1) is 28.6 Å². The summed E-state index contributed by atoms with van der Waals surface area (Å²) in [5.74, 6) is -1.25. The maximum absolute atomic E-state index is 14.2. The van der Waals surface area contributed by atoms with Crippen LogP contribution in [0.2, 0.25) is 0 Å². The second-order valence-electron chi connectivity index (χ2n) is 14.3. The van der Waals surface area contributed by atoms with Gasteiger partial charge in [-0.15, -0.1) is 0 Å². The Labute approximate surface area is 264 Å². The summed E-state index contributed by atoms with van der Waals surface area (Å²) in [5.41, 5.74) is -0.798. The number of benzene rings is 2. The monoisotopic (exact) mass is 616 g/mol. The highest BCUT2D eigenvalue weighted by Gasteiger charge is 2.70. The maximum Gasteiger partial charge on any atom is 0.314 e. The lowest BCUT2D eigenvalue weighted by Gasteiger charge is -2.60. The maximum atomic E-state index is 14.2. The van der Waals surface area contributed by atoms with Gasteiger partial charge in [-0.1, -0.05) is 43.7 Å². The molecule has 1 N–H and O–H groups in total. The van der Waals surface area contributed by atoms with Gasteiger partial charge in [0, 0.05) is 18.8 Å². The first-order chi connectivity index (χ1) is 21.3. The van der Waals surface area contributed by atoms with Gasteiger partial charge in [-0.05, 0) is 103 Å². The van der Waals surface area contributed by atoms with E-state index >= 15 is 0 Å². The SMILES string of the molecule is COc1ccc2cc([C@H](C)C(=O)O[C@]3(C(=O)COC(C)=O)CC[C@H]4[C@@H]5CCC6=CC(=O)CC[C@]6(C)[C@H]5[C@H](O)C[C@@]43C)ccc2c1. The zero-order valence-corrected chi connectivity index (χ0v) is 26.9. The molecule has 240 valence electrons. The predicted octanol–water partition coefficient (Wildman–Crippen LogP) is 5.87. The Morgan fingerprint density at radius 3 is 2.49 bits per heavy atom. The Kier molecular flexibility index (Phi) is 7.95. The third-order valence-electron chi connectivity index (χ3n) is 12.1. The first kappa shape index (κ1) is 31.5. The number of allylic oxidation sites excluding steroid dienone is 1. The Morgan fingerprint density at radius 2 is 1.76 bits per heavy atom. The first-order valence-corrected chi connectivity index (χ1v) is 16.2. The van der Waals surface area contributed by atoms with Crippen LogP contribution < -0.4 is 4.74 Å². The normalized spacial score (nSPS) is 34.5. The fourth-order valence-corrected chi connectivity index (χ4v) is 9.68. The second-order valence-corrected chi connectivity index (χ2v) is 14.3. The number of rotatable bonds is 7. The van der Waals surface area contributed by atoms with Crippen LogP contribution >= 0.6 is 0 Å². The van der Waals surface area contributed by atoms with Gasteiger partial charge in [-0.3, -0.25) is 19.2 Å². The van der Waals surface area contributed by atoms with Gasteiger partial charge in [0.25, 0.3) is 0 Å². The van der Waals surface area contributed by atoms with Crippen molar-refractivity contribution in [3.63, 3.8) is 0 Å². The lowest BCUT2D eigenvalue weighted by atomic mass is 9.45. The quantitative estimate of drug-likeness (QED) is 0.384. The van der Waals surface area contributed by atoms with Gasteiger partial charge in [0.1, 0.15) is 5.75 Å². The van der Waals surface area contributed by atoms with Crippen molar-refractivity contribution in [3.05, 3.63) is 53.6 Å². The fraction of sp³-hybridized carbons (Fsp3) is 0.568. The molecule has 3 fully saturated rings. The first-order valence-electron chi connectivity index (χ1n) is 16.2. The molecule has 8 nitrogen and oxygen atoms in total. The van der Waals surface area contributed by atoms with Crippen LogP contribution in [-0.4, -0.2) is 54.0 Å². The van der Waals surface area contributed by atoms with E-state index in [-0.39, 0.29) is 35.4 Å². The molecule has 4 aliphatic rings. The van der Waals surface area contributed by atoms with Crippen LogP contribution in [0.25, 0.3) is 10.8 Å². The van der Waals surface area contributed by atoms with Crippen LogP contribution in [0.15, 0.2) is 48.0 Å². The number of esters is 2. The number of ether oxygens (including phenoxy) is 3. The molecule has 0 aliphatic heterocycles. The van der Waals surface area contributed by atoms with Gasteiger partial charge in [0.05, 0.1) is 19.1 Å². The number of aliphatic hydroxyl groups is 1. The third-order valence-corrected chi connectivity index (χ3v) is 12.1. The number of carbonyl (C=O) groups is 4. The highest BCUT2D eigenvalue weighted by atomic mass is 16.6. The van der Waals surface area contributed by atoms with Crippen molar-refractivity contribution in [2.24, 2.45) is 28.6 Å². The molecule has 0 heterocycles. The third kappa shape index (κ3) is 5.00. The number of hydrogen-bond acceptors (Lipinski definition) is 8. The standard InChI is InChI=1S/C37H44O8/c1-21(23-6-7-25-17-28(43-5)10-8-24(25)16-23)34(42)45-37(32(41)20-44-22(2)38)15-13-30-29-11-9-26-18-27(39)12-14-35(26,3)33(29)31(40)19-36(30,37)4/h6-8,10,16-18,21,29-31,33,40H,9,11-15,19-20H2,1-5H3/t21-,29-,30-,31+,33+,35-,36-,37-/m0/s1. The van der Waals surface area contributed by atoms with E-state index in [4.69, 9.17) is 14.2 Å². The summed E-state index contributed by atoms with van der Waals surface area (Å²) >= 11 is 0. The van der Waals surface area contributed by atoms with Crippen molar-refractivity contribution < 1.29 is 38.5 Å². The molecule has 8 atom stereocenters. The van der Waals surface area contributed by atoms with E-state index in [1.165, 1.54) is 6.92 Å². The second kappa shape index (κ2) is 11.4. The lowest BCUT2D eigenvalue weighted by Crippen LogP contribution is -2.63. The zero-order chi connectivity index (χ0) is 32.3. The summed E-state index contributed by atoms with van der Waals surface area (Å²) < 4.78 is 17.0. The minimum absolute atomic E-state index is 0.0157. The average molecular weight is 617 g/mol. The molecule has 2 aromatic carbocycles. The number of hydrogen-bond donors (Lipinski definition) is 1. The van der Waals surface area contributed by atoms with Crippen molar-refractivity contribution in [1.29, 1.82) is 0 Å². The van der Waals surface area contributed by atoms with Crippen molar-refractivity contribution >= 4 is 34.3 Å². The highest BCUT2D eigenvalue weighted by molar-refractivity contribution is 5.94. The largest absolute Gasteiger partial charge is 0.497 e. The van der Waals surface area contributed by atoms with Crippen LogP contribution in [-0.2, 0) is 28.7 Å². The number of fused-ring (bicyclic) bond motifs is 6. The van der Waals surface area contributed by atoms with Crippen molar-refractivity contribution in [3.8, 4) is 5.75 Å². The number of carbonyl (C=O) groups excluding carboxylic acids is 4. The van der Waals surface area contributed by atoms with Crippen LogP contribution in [0.4, 0.5) is 0 Å². The van der Waals surface area contributed by atoms with E-state index in [1.54, 1.807) is 20.1 Å². The molecule has 0 aromatic heterocycles. The number of aliphatic hydroxyl groups excluding tert-OH is 1. The molecule has 0 spiro atoms. The van der Waals surface area contributed by atoms with E-state index in [0.717, 1.165) is 40.5 Å². The number of methoxy groups -OCH3 is 1. The molecule has 45 heavy (non-hydrogen) atoms. The van der Waals surface area contributed by atoms with Crippen LogP contribution in [0.5, 0.6) is 5.75 Å². The molecule has 4 aliphatic carbocycles. The smallest absolute Gasteiger partial charge is 0.314 e. The van der Waals surface area contributed by atoms with E-state index in [2.05, 4.69) is 6.92 Å². The summed E-state index contributed by atoms with van der Waals surface area (Å²) in [6.45, 7) is 6.70. The predicted molar refractivity (Wildman–Crippen MR) is 167 cm³/mol. The molecule has 0 radical (unpaired) electrons. The van der Waals surface area contributed by atoms with Crippen molar-refractivity contribution in [2.75, 3.05) is 13.7 Å². The molecule has 0 unspecified atom stereocenters. The van der Waals surface area contributed by atoms with Gasteiger partial charge in [0.2, 0.25) is 5.78 Å². The minimum atomic E-state index is -1.55. The Balaban J connectivity index is 1.33. The van der Waals surface area contributed by atoms with Crippen molar-refractivity contribution in [1.82, 2.24) is 0 Å². The molecule has 6 rings (SSSR count). The van der Waals surface area contributed by atoms with Gasteiger partial charge in [-0.2, -0.15) is 0 Å². The lowest BCUT2D eigenvalue weighted by molar-refractivity contribution is -0.203. The molecular formula is C37H44O8. The molecular weight excluding hydrogens is 572 g/mol. The van der Waals surface area contributed by atoms with Crippen LogP contribution in [0.3, 0.4) is 0 Å². The summed E-state index contributed by atoms with van der Waals surface area (Å²) in [7, 11) is 1.62. The van der Waals surface area contributed by atoms with Gasteiger partial charge in [-0.25, -0.2) is 0 Å². The molecule has 2 aromatic rings. The van der Waals surface area contributed by atoms with E-state index < -0.39 is 47.4 Å². The van der Waals surface area contributed by atoms with E-state index in [1.807, 2.05) is 43.3 Å². The molecule has 8 heteroatoms. The summed E-state index contributed by atoms with van der Waals surface area (Å²) in [6.07, 6.45) is 5.06. The molecule has 0 bridgehead atoms. The topological polar surface area (TPSA) is 116 Å². The van der Waals surface area contributed by atoms with Gasteiger partial charge < -0.3 is 19.3 Å². The Hall–Kier alpha value is -3.52. The van der Waals surface area contributed by atoms with Gasteiger partial charge in [0.15, 0.2) is 18.0 Å². The zero-order valence-electron chi connectivity index (χ0n) is 26.9. The van der Waals surface area contributed by atoms with E-state index in [0.29, 0.717) is 25.7 Å². The average Bonchev–Trinajstić information content (AvgIpc) is 3.30. The molecule has 0 saturated heterocycles. The van der Waals surface area contributed by atoms with E-state index in [9.17, 15) is 24.3 Å². The molecule has 3 saturated carbocycles.